The summed E-state index contributed by atoms with van der Waals surface area (Å²) in [7, 11) is 0. The fourth-order valence-electron chi connectivity index (χ4n) is 2.64. The smallest absolute Gasteiger partial charge is 0.220 e. The van der Waals surface area contributed by atoms with Gasteiger partial charge in [-0.15, -0.1) is 0 Å². The van der Waals surface area contributed by atoms with E-state index in [2.05, 4.69) is 50.4 Å². The van der Waals surface area contributed by atoms with E-state index in [-0.39, 0.29) is 17.4 Å². The van der Waals surface area contributed by atoms with Crippen LogP contribution in [0.2, 0.25) is 10.0 Å². The highest BCUT2D eigenvalue weighted by Gasteiger charge is 2.15. The monoisotopic (exact) mass is 377 g/mol. The number of carbonyl (C=O) groups is 1. The molecule has 1 amide bonds. The second-order valence-corrected chi connectivity index (χ2v) is 8.24. The van der Waals surface area contributed by atoms with Crippen LogP contribution >= 0.6 is 23.2 Å². The molecule has 0 radical (unpaired) electrons. The first-order valence-electron chi connectivity index (χ1n) is 8.50. The van der Waals surface area contributed by atoms with Crippen LogP contribution in [0.15, 0.2) is 42.5 Å². The first kappa shape index (κ1) is 19.8. The molecule has 2 aromatic carbocycles. The third kappa shape index (κ3) is 5.76. The summed E-state index contributed by atoms with van der Waals surface area (Å²) in [6.45, 7) is 8.57. The summed E-state index contributed by atoms with van der Waals surface area (Å²) in [6, 6.07) is 13.8. The number of aryl methyl sites for hydroxylation is 1. The number of halogens is 2. The van der Waals surface area contributed by atoms with Crippen molar-refractivity contribution in [3.8, 4) is 0 Å². The second kappa shape index (κ2) is 8.25. The van der Waals surface area contributed by atoms with E-state index in [0.29, 0.717) is 22.9 Å². The lowest BCUT2D eigenvalue weighted by molar-refractivity contribution is -0.121. The Bertz CT molecular complexity index is 733. The van der Waals surface area contributed by atoms with Crippen molar-refractivity contribution in [2.24, 2.45) is 0 Å². The molecule has 0 aliphatic heterocycles. The summed E-state index contributed by atoms with van der Waals surface area (Å²) in [4.78, 5) is 12.2. The Labute approximate surface area is 160 Å². The highest BCUT2D eigenvalue weighted by Crippen LogP contribution is 2.24. The van der Waals surface area contributed by atoms with Gasteiger partial charge in [-0.2, -0.15) is 0 Å². The van der Waals surface area contributed by atoms with Gasteiger partial charge in [0.05, 0.1) is 6.04 Å². The topological polar surface area (TPSA) is 29.1 Å². The maximum Gasteiger partial charge on any atom is 0.220 e. The van der Waals surface area contributed by atoms with Crippen molar-refractivity contribution >= 4 is 29.1 Å². The molecule has 0 saturated heterocycles. The minimum atomic E-state index is -0.0257. The normalized spacial score (nSPS) is 12.7. The van der Waals surface area contributed by atoms with Crippen molar-refractivity contribution in [2.45, 2.75) is 52.0 Å². The SMILES string of the molecule is C[C@H](NC(=O)CCc1ccc(Cl)cc1Cl)c1ccc(C(C)(C)C)cc1. The van der Waals surface area contributed by atoms with Crippen molar-refractivity contribution < 1.29 is 4.79 Å². The zero-order chi connectivity index (χ0) is 18.6. The van der Waals surface area contributed by atoms with Crippen molar-refractivity contribution in [2.75, 3.05) is 0 Å². The van der Waals surface area contributed by atoms with E-state index in [0.717, 1.165) is 11.1 Å². The Hall–Kier alpha value is -1.51. The van der Waals surface area contributed by atoms with Crippen LogP contribution in [0.25, 0.3) is 0 Å². The first-order valence-corrected chi connectivity index (χ1v) is 9.26. The van der Waals surface area contributed by atoms with Gasteiger partial charge >= 0.3 is 0 Å². The predicted octanol–water partition coefficient (Wildman–Crippen LogP) is 6.10. The number of benzene rings is 2. The minimum Gasteiger partial charge on any atom is -0.350 e. The summed E-state index contributed by atoms with van der Waals surface area (Å²) >= 11 is 12.0. The molecule has 0 spiro atoms. The number of nitrogens with one attached hydrogen (secondary N) is 1. The molecule has 0 unspecified atom stereocenters. The van der Waals surface area contributed by atoms with Crippen LogP contribution in [0.1, 0.15) is 56.8 Å². The van der Waals surface area contributed by atoms with Gasteiger partial charge in [0.2, 0.25) is 5.91 Å². The zero-order valence-electron chi connectivity index (χ0n) is 15.2. The number of carbonyl (C=O) groups excluding carboxylic acids is 1. The van der Waals surface area contributed by atoms with Gasteiger partial charge in [-0.1, -0.05) is 74.3 Å². The predicted molar refractivity (Wildman–Crippen MR) is 106 cm³/mol. The van der Waals surface area contributed by atoms with Crippen LogP contribution in [-0.2, 0) is 16.6 Å². The van der Waals surface area contributed by atoms with Gasteiger partial charge in [-0.3, -0.25) is 4.79 Å². The van der Waals surface area contributed by atoms with E-state index in [1.54, 1.807) is 12.1 Å². The molecule has 134 valence electrons. The molecule has 0 bridgehead atoms. The molecule has 1 N–H and O–H groups in total. The minimum absolute atomic E-state index is 0.0124. The number of rotatable bonds is 5. The van der Waals surface area contributed by atoms with Gasteiger partial charge in [0.15, 0.2) is 0 Å². The fourth-order valence-corrected chi connectivity index (χ4v) is 3.14. The molecular weight excluding hydrogens is 353 g/mol. The van der Waals surface area contributed by atoms with E-state index in [9.17, 15) is 4.79 Å². The van der Waals surface area contributed by atoms with Crippen molar-refractivity contribution in [1.29, 1.82) is 0 Å². The largest absolute Gasteiger partial charge is 0.350 e. The number of amides is 1. The Morgan fingerprint density at radius 3 is 2.28 bits per heavy atom. The maximum atomic E-state index is 12.2. The molecular formula is C21H25Cl2NO. The Balaban J connectivity index is 1.91. The molecule has 4 heteroatoms. The van der Waals surface area contributed by atoms with Crippen molar-refractivity contribution in [3.63, 3.8) is 0 Å². The molecule has 0 saturated carbocycles. The molecule has 2 aromatic rings. The van der Waals surface area contributed by atoms with Crippen LogP contribution < -0.4 is 5.32 Å². The van der Waals surface area contributed by atoms with Gasteiger partial charge in [0.1, 0.15) is 0 Å². The van der Waals surface area contributed by atoms with Gasteiger partial charge in [-0.05, 0) is 47.6 Å². The highest BCUT2D eigenvalue weighted by molar-refractivity contribution is 6.35. The molecule has 1 atom stereocenters. The van der Waals surface area contributed by atoms with Crippen LogP contribution in [0.4, 0.5) is 0 Å². The van der Waals surface area contributed by atoms with Gasteiger partial charge in [0, 0.05) is 16.5 Å². The molecule has 0 aliphatic rings. The lowest BCUT2D eigenvalue weighted by Gasteiger charge is -2.20. The number of hydrogen-bond acceptors (Lipinski definition) is 1. The number of hydrogen-bond donors (Lipinski definition) is 1. The lowest BCUT2D eigenvalue weighted by Crippen LogP contribution is -2.27. The van der Waals surface area contributed by atoms with Crippen LogP contribution in [0, 0.1) is 0 Å². The summed E-state index contributed by atoms with van der Waals surface area (Å²) in [6.07, 6.45) is 0.989. The molecule has 0 heterocycles. The van der Waals surface area contributed by atoms with Crippen LogP contribution in [-0.4, -0.2) is 5.91 Å². The molecule has 2 rings (SSSR count). The highest BCUT2D eigenvalue weighted by atomic mass is 35.5. The molecule has 0 fully saturated rings. The Morgan fingerprint density at radius 2 is 1.72 bits per heavy atom. The third-order valence-electron chi connectivity index (χ3n) is 4.29. The Kier molecular flexibility index (Phi) is 6.53. The average molecular weight is 378 g/mol. The molecule has 25 heavy (non-hydrogen) atoms. The quantitative estimate of drug-likeness (QED) is 0.669. The average Bonchev–Trinajstić information content (AvgIpc) is 2.53. The standard InChI is InChI=1S/C21H25Cl2NO/c1-14(15-5-9-17(10-6-15)21(2,3)4)24-20(25)12-8-16-7-11-18(22)13-19(16)23/h5-7,9-11,13-14H,8,12H2,1-4H3,(H,24,25)/t14-/m0/s1. The first-order chi connectivity index (χ1) is 11.7. The van der Waals surface area contributed by atoms with Crippen molar-refractivity contribution in [1.82, 2.24) is 5.32 Å². The summed E-state index contributed by atoms with van der Waals surface area (Å²) in [5, 5.41) is 4.25. The van der Waals surface area contributed by atoms with Gasteiger partial charge in [0.25, 0.3) is 0 Å². The molecule has 0 aromatic heterocycles. The summed E-state index contributed by atoms with van der Waals surface area (Å²) in [5.74, 6) is 0.0124. The Morgan fingerprint density at radius 1 is 1.08 bits per heavy atom. The summed E-state index contributed by atoms with van der Waals surface area (Å²) in [5.41, 5.74) is 3.45. The maximum absolute atomic E-state index is 12.2. The van der Waals surface area contributed by atoms with Gasteiger partial charge in [-0.25, -0.2) is 0 Å². The molecule has 0 aliphatic carbocycles. The molecule has 2 nitrogen and oxygen atoms in total. The van der Waals surface area contributed by atoms with E-state index < -0.39 is 0 Å². The fraction of sp³-hybridized carbons (Fsp3) is 0.381. The van der Waals surface area contributed by atoms with E-state index in [1.807, 2.05) is 13.0 Å². The van der Waals surface area contributed by atoms with E-state index in [1.165, 1.54) is 5.56 Å². The van der Waals surface area contributed by atoms with Crippen molar-refractivity contribution in [3.05, 3.63) is 69.2 Å². The third-order valence-corrected chi connectivity index (χ3v) is 4.88. The second-order valence-electron chi connectivity index (χ2n) is 7.40. The van der Waals surface area contributed by atoms with E-state index in [4.69, 9.17) is 23.2 Å². The van der Waals surface area contributed by atoms with Crippen LogP contribution in [0.3, 0.4) is 0 Å². The van der Waals surface area contributed by atoms with Gasteiger partial charge < -0.3 is 5.32 Å². The zero-order valence-corrected chi connectivity index (χ0v) is 16.7. The summed E-state index contributed by atoms with van der Waals surface area (Å²) < 4.78 is 0. The van der Waals surface area contributed by atoms with E-state index >= 15 is 0 Å². The lowest BCUT2D eigenvalue weighted by atomic mass is 9.86. The van der Waals surface area contributed by atoms with Crippen LogP contribution in [0.5, 0.6) is 0 Å².